The van der Waals surface area contributed by atoms with Crippen LogP contribution in [0, 0.1) is 35.5 Å². The van der Waals surface area contributed by atoms with E-state index in [1.807, 2.05) is 0 Å². The SMILES string of the molecule is CC(C)[C@@H]1CC[C@@H](C)C[C@H]1OC(=O)C(O)CO.CC(C)[C@@H]1CC[C@@H](C)C[C@H]1OCC(C)(O)CO. The Labute approximate surface area is 207 Å². The minimum atomic E-state index is -1.40. The molecule has 0 radical (unpaired) electrons. The molecule has 0 aromatic rings. The van der Waals surface area contributed by atoms with Crippen molar-refractivity contribution in [2.75, 3.05) is 19.8 Å². The lowest BCUT2D eigenvalue weighted by atomic mass is 9.75. The number of carbonyl (C=O) groups is 1. The molecule has 7 heteroatoms. The molecule has 2 saturated carbocycles. The third kappa shape index (κ3) is 10.5. The Balaban J connectivity index is 0.000000340. The van der Waals surface area contributed by atoms with Gasteiger partial charge in [-0.3, -0.25) is 0 Å². The molecule has 0 aliphatic heterocycles. The van der Waals surface area contributed by atoms with E-state index in [4.69, 9.17) is 19.7 Å². The molecule has 8 atom stereocenters. The number of hydrogen-bond acceptors (Lipinski definition) is 7. The Hall–Kier alpha value is -0.730. The van der Waals surface area contributed by atoms with E-state index in [9.17, 15) is 15.0 Å². The molecule has 0 saturated heterocycles. The standard InChI is InChI=1S/C14H28O3.C13H24O4/c1-10(2)12-6-5-11(3)7-13(12)17-9-14(4,16)8-15;1-8(2)10-5-4-9(3)6-12(10)17-13(16)11(15)7-14/h10-13,15-16H,5-9H2,1-4H3;8-12,14-15H,4-7H2,1-3H3/t11-,12+,13-,14?;9-,10+,11?,12-/m11/s1. The van der Waals surface area contributed by atoms with E-state index >= 15 is 0 Å². The predicted octanol–water partition coefficient (Wildman–Crippen LogP) is 3.55. The minimum Gasteiger partial charge on any atom is -0.460 e. The van der Waals surface area contributed by atoms with E-state index in [0.717, 1.165) is 19.3 Å². The van der Waals surface area contributed by atoms with Gasteiger partial charge in [-0.25, -0.2) is 4.79 Å². The van der Waals surface area contributed by atoms with Gasteiger partial charge in [-0.2, -0.15) is 0 Å². The molecule has 0 aromatic heterocycles. The van der Waals surface area contributed by atoms with Crippen molar-refractivity contribution in [1.29, 1.82) is 0 Å². The van der Waals surface area contributed by atoms with Crippen LogP contribution in [0.5, 0.6) is 0 Å². The number of aliphatic hydroxyl groups excluding tert-OH is 3. The predicted molar refractivity (Wildman–Crippen MR) is 133 cm³/mol. The molecule has 2 unspecified atom stereocenters. The lowest BCUT2D eigenvalue weighted by molar-refractivity contribution is -0.167. The van der Waals surface area contributed by atoms with E-state index in [1.165, 1.54) is 19.3 Å². The number of aliphatic hydroxyl groups is 4. The fraction of sp³-hybridized carbons (Fsp3) is 0.963. The second-order valence-corrected chi connectivity index (χ2v) is 11.8. The van der Waals surface area contributed by atoms with E-state index in [1.54, 1.807) is 6.92 Å². The fourth-order valence-corrected chi connectivity index (χ4v) is 5.19. The van der Waals surface area contributed by atoms with Crippen molar-refractivity contribution in [3.63, 3.8) is 0 Å². The van der Waals surface area contributed by atoms with Crippen molar-refractivity contribution in [2.45, 2.75) is 111 Å². The molecular formula is C27H52O7. The van der Waals surface area contributed by atoms with E-state index in [-0.39, 0.29) is 25.4 Å². The quantitative estimate of drug-likeness (QED) is 0.367. The van der Waals surface area contributed by atoms with E-state index in [2.05, 4.69) is 41.5 Å². The lowest BCUT2D eigenvalue weighted by Gasteiger charge is -2.38. The average molecular weight is 489 g/mol. The monoisotopic (exact) mass is 488 g/mol. The highest BCUT2D eigenvalue weighted by molar-refractivity contribution is 5.74. The van der Waals surface area contributed by atoms with Gasteiger partial charge in [-0.05, 0) is 68.1 Å². The van der Waals surface area contributed by atoms with Crippen LogP contribution < -0.4 is 0 Å². The summed E-state index contributed by atoms with van der Waals surface area (Å²) in [5.41, 5.74) is -1.11. The van der Waals surface area contributed by atoms with Crippen molar-refractivity contribution in [2.24, 2.45) is 35.5 Å². The van der Waals surface area contributed by atoms with Crippen LogP contribution in [-0.2, 0) is 14.3 Å². The zero-order chi connectivity index (χ0) is 26.1. The summed E-state index contributed by atoms with van der Waals surface area (Å²) in [6.45, 7) is 14.2. The molecule has 0 amide bonds. The Morgan fingerprint density at radius 1 is 0.912 bits per heavy atom. The van der Waals surface area contributed by atoms with Crippen LogP contribution in [0.3, 0.4) is 0 Å². The highest BCUT2D eigenvalue weighted by Crippen LogP contribution is 2.36. The summed E-state index contributed by atoms with van der Waals surface area (Å²) < 4.78 is 11.2. The maximum Gasteiger partial charge on any atom is 0.337 e. The van der Waals surface area contributed by atoms with Gasteiger partial charge in [-0.15, -0.1) is 0 Å². The first-order chi connectivity index (χ1) is 15.8. The van der Waals surface area contributed by atoms with Crippen molar-refractivity contribution in [3.05, 3.63) is 0 Å². The molecule has 2 fully saturated rings. The van der Waals surface area contributed by atoms with Gasteiger partial charge in [0.1, 0.15) is 11.7 Å². The first-order valence-electron chi connectivity index (χ1n) is 13.3. The van der Waals surface area contributed by atoms with Crippen LogP contribution in [0.15, 0.2) is 0 Å². The normalized spacial score (nSPS) is 32.5. The lowest BCUT2D eigenvalue weighted by Crippen LogP contribution is -2.41. The van der Waals surface area contributed by atoms with E-state index in [0.29, 0.717) is 35.5 Å². The van der Waals surface area contributed by atoms with Crippen LogP contribution in [0.25, 0.3) is 0 Å². The summed E-state index contributed by atoms with van der Waals surface area (Å²) in [6.07, 6.45) is 5.36. The summed E-state index contributed by atoms with van der Waals surface area (Å²) in [5.74, 6) is 2.58. The highest BCUT2D eigenvalue weighted by Gasteiger charge is 2.35. The number of rotatable bonds is 9. The third-order valence-electron chi connectivity index (χ3n) is 7.58. The fourth-order valence-electron chi connectivity index (χ4n) is 5.19. The van der Waals surface area contributed by atoms with Gasteiger partial charge in [0.25, 0.3) is 0 Å². The second-order valence-electron chi connectivity index (χ2n) is 11.8. The molecule has 4 N–H and O–H groups in total. The number of carbonyl (C=O) groups excluding carboxylic acids is 1. The summed E-state index contributed by atoms with van der Waals surface area (Å²) in [6, 6.07) is 0. The maximum absolute atomic E-state index is 11.5. The Morgan fingerprint density at radius 2 is 1.38 bits per heavy atom. The zero-order valence-electron chi connectivity index (χ0n) is 22.6. The van der Waals surface area contributed by atoms with Crippen molar-refractivity contribution >= 4 is 5.97 Å². The smallest absolute Gasteiger partial charge is 0.337 e. The molecule has 2 aliphatic rings. The summed E-state index contributed by atoms with van der Waals surface area (Å²) in [7, 11) is 0. The molecule has 0 heterocycles. The van der Waals surface area contributed by atoms with E-state index < -0.39 is 24.3 Å². The van der Waals surface area contributed by atoms with Crippen LogP contribution in [0.1, 0.15) is 87.0 Å². The molecule has 0 aromatic carbocycles. The average Bonchev–Trinajstić information content (AvgIpc) is 2.77. The summed E-state index contributed by atoms with van der Waals surface area (Å²) >= 11 is 0. The van der Waals surface area contributed by atoms with Gasteiger partial charge in [0.15, 0.2) is 6.10 Å². The maximum atomic E-state index is 11.5. The van der Waals surface area contributed by atoms with Gasteiger partial charge in [-0.1, -0.05) is 54.4 Å². The third-order valence-corrected chi connectivity index (χ3v) is 7.58. The molecule has 2 aliphatic carbocycles. The summed E-state index contributed by atoms with van der Waals surface area (Å²) in [4.78, 5) is 11.5. The van der Waals surface area contributed by atoms with Crippen molar-refractivity contribution in [1.82, 2.24) is 0 Å². The van der Waals surface area contributed by atoms with Gasteiger partial charge >= 0.3 is 5.97 Å². The van der Waals surface area contributed by atoms with Crippen LogP contribution in [-0.4, -0.2) is 70.1 Å². The number of hydrogen-bond donors (Lipinski definition) is 4. The van der Waals surface area contributed by atoms with Gasteiger partial charge in [0.05, 0.1) is 25.9 Å². The number of ether oxygens (including phenoxy) is 2. The summed E-state index contributed by atoms with van der Waals surface area (Å²) in [5, 5.41) is 36.7. The molecule has 0 bridgehead atoms. The van der Waals surface area contributed by atoms with Crippen molar-refractivity contribution < 1.29 is 34.7 Å². The van der Waals surface area contributed by atoms with Crippen LogP contribution in [0.4, 0.5) is 0 Å². The molecule has 202 valence electrons. The Kier molecular flexibility index (Phi) is 13.6. The van der Waals surface area contributed by atoms with Gasteiger partial charge < -0.3 is 29.9 Å². The first kappa shape index (κ1) is 31.3. The molecule has 0 spiro atoms. The minimum absolute atomic E-state index is 0.118. The van der Waals surface area contributed by atoms with Gasteiger partial charge in [0, 0.05) is 0 Å². The highest BCUT2D eigenvalue weighted by atomic mass is 16.6. The second kappa shape index (κ2) is 14.7. The largest absolute Gasteiger partial charge is 0.460 e. The Morgan fingerprint density at radius 3 is 1.82 bits per heavy atom. The van der Waals surface area contributed by atoms with Crippen molar-refractivity contribution in [3.8, 4) is 0 Å². The number of esters is 1. The molecule has 34 heavy (non-hydrogen) atoms. The molecular weight excluding hydrogens is 436 g/mol. The molecule has 7 nitrogen and oxygen atoms in total. The van der Waals surface area contributed by atoms with Gasteiger partial charge in [0.2, 0.25) is 0 Å². The topological polar surface area (TPSA) is 116 Å². The van der Waals surface area contributed by atoms with Crippen LogP contribution in [0.2, 0.25) is 0 Å². The first-order valence-corrected chi connectivity index (χ1v) is 13.3. The van der Waals surface area contributed by atoms with Crippen LogP contribution >= 0.6 is 0 Å². The molecule has 2 rings (SSSR count). The Bertz CT molecular complexity index is 577. The zero-order valence-corrected chi connectivity index (χ0v) is 22.6.